The van der Waals surface area contributed by atoms with Gasteiger partial charge in [-0.15, -0.1) is 0 Å². The van der Waals surface area contributed by atoms with Crippen LogP contribution in [0.5, 0.6) is 0 Å². The fraction of sp³-hybridized carbons (Fsp3) is 0. The second kappa shape index (κ2) is 6.12. The molecule has 0 heterocycles. The van der Waals surface area contributed by atoms with Gasteiger partial charge in [0.25, 0.3) is 0 Å². The highest BCUT2D eigenvalue weighted by Crippen LogP contribution is 2.51. The van der Waals surface area contributed by atoms with E-state index in [1.807, 2.05) is 0 Å². The van der Waals surface area contributed by atoms with Crippen LogP contribution in [-0.4, -0.2) is 29.4 Å². The van der Waals surface area contributed by atoms with E-state index in [0.29, 0.717) is 5.56 Å². The summed E-state index contributed by atoms with van der Waals surface area (Å²) in [4.78, 5) is 59.3. The molecule has 0 bridgehead atoms. The Morgan fingerprint density at radius 3 is 1.67 bits per heavy atom. The molecule has 8 heteroatoms. The lowest BCUT2D eigenvalue weighted by molar-refractivity contribution is 0.345. The molecule has 0 radical (unpaired) electrons. The molecule has 0 fully saturated rings. The molecular weight excluding hydrogens is 350 g/mol. The summed E-state index contributed by atoms with van der Waals surface area (Å²) in [5.41, 5.74) is 0.751. The Bertz CT molecular complexity index is 885. The summed E-state index contributed by atoms with van der Waals surface area (Å²) in [7, 11) is -8.79. The van der Waals surface area contributed by atoms with E-state index in [0.717, 1.165) is 0 Å². The largest absolute Gasteiger partial charge is 0.442 e. The fourth-order valence-electron chi connectivity index (χ4n) is 2.75. The van der Waals surface area contributed by atoms with Gasteiger partial charge in [-0.05, 0) is 17.7 Å². The smallest absolute Gasteiger partial charge is 0.189 e. The van der Waals surface area contributed by atoms with E-state index in [4.69, 9.17) is 0 Å². The number of hydrogen-bond donors (Lipinski definition) is 6. The molecular formula is C16H16O6P2+2. The van der Waals surface area contributed by atoms with Crippen LogP contribution in [-0.2, 0) is 0 Å². The van der Waals surface area contributed by atoms with Gasteiger partial charge in [-0.1, -0.05) is 42.5 Å². The molecule has 0 saturated carbocycles. The van der Waals surface area contributed by atoms with Crippen LogP contribution in [0.1, 0.15) is 0 Å². The first-order valence-electron chi connectivity index (χ1n) is 6.96. The zero-order chi connectivity index (χ0) is 17.5. The minimum atomic E-state index is -4.42. The molecule has 24 heavy (non-hydrogen) atoms. The molecule has 124 valence electrons. The number of benzene rings is 3. The molecule has 0 amide bonds. The van der Waals surface area contributed by atoms with Crippen LogP contribution < -0.4 is 10.6 Å². The van der Waals surface area contributed by atoms with Crippen molar-refractivity contribution in [2.75, 3.05) is 0 Å². The third-order valence-electron chi connectivity index (χ3n) is 3.70. The van der Waals surface area contributed by atoms with Gasteiger partial charge in [0, 0.05) is 22.4 Å². The lowest BCUT2D eigenvalue weighted by Gasteiger charge is -2.16. The SMILES string of the molecule is O[P+](O)(O)c1cc(-c2ccccc2)c([P+](O)(O)O)c2ccccc12. The molecule has 0 spiro atoms. The highest BCUT2D eigenvalue weighted by Gasteiger charge is 2.44. The van der Waals surface area contributed by atoms with E-state index in [-0.39, 0.29) is 26.9 Å². The molecule has 6 nitrogen and oxygen atoms in total. The van der Waals surface area contributed by atoms with Crippen molar-refractivity contribution >= 4 is 37.3 Å². The lowest BCUT2D eigenvalue weighted by atomic mass is 10.0. The normalized spacial score (nSPS) is 12.6. The van der Waals surface area contributed by atoms with Crippen molar-refractivity contribution in [3.05, 3.63) is 60.7 Å². The van der Waals surface area contributed by atoms with Crippen LogP contribution in [0.25, 0.3) is 21.9 Å². The topological polar surface area (TPSA) is 121 Å². The molecule has 0 saturated heterocycles. The van der Waals surface area contributed by atoms with E-state index >= 15 is 0 Å². The average molecular weight is 366 g/mol. The van der Waals surface area contributed by atoms with Gasteiger partial charge < -0.3 is 0 Å². The predicted molar refractivity (Wildman–Crippen MR) is 95.8 cm³/mol. The maximum Gasteiger partial charge on any atom is 0.442 e. The predicted octanol–water partition coefficient (Wildman–Crippen LogP) is 1.24. The molecule has 3 aromatic rings. The molecule has 3 aromatic carbocycles. The lowest BCUT2D eigenvalue weighted by Crippen LogP contribution is -2.21. The van der Waals surface area contributed by atoms with Gasteiger partial charge in [0.15, 0.2) is 10.6 Å². The Morgan fingerprint density at radius 2 is 1.12 bits per heavy atom. The first kappa shape index (κ1) is 17.4. The Kier molecular flexibility index (Phi) is 4.43. The van der Waals surface area contributed by atoms with Gasteiger partial charge in [0.05, 0.1) is 0 Å². The van der Waals surface area contributed by atoms with E-state index in [1.54, 1.807) is 42.5 Å². The van der Waals surface area contributed by atoms with Crippen LogP contribution in [0, 0.1) is 0 Å². The Balaban J connectivity index is 2.50. The highest BCUT2D eigenvalue weighted by atomic mass is 31.2. The van der Waals surface area contributed by atoms with Crippen molar-refractivity contribution in [1.82, 2.24) is 0 Å². The van der Waals surface area contributed by atoms with Gasteiger partial charge in [-0.25, -0.2) is 0 Å². The van der Waals surface area contributed by atoms with Crippen LogP contribution in [0.2, 0.25) is 0 Å². The van der Waals surface area contributed by atoms with Crippen molar-refractivity contribution in [2.45, 2.75) is 0 Å². The van der Waals surface area contributed by atoms with Crippen molar-refractivity contribution in [3.63, 3.8) is 0 Å². The van der Waals surface area contributed by atoms with Crippen LogP contribution >= 0.6 is 15.9 Å². The van der Waals surface area contributed by atoms with Gasteiger partial charge in [0.1, 0.15) is 0 Å². The first-order valence-corrected chi connectivity index (χ1v) is 10.3. The van der Waals surface area contributed by atoms with Crippen LogP contribution in [0.4, 0.5) is 0 Å². The van der Waals surface area contributed by atoms with Crippen molar-refractivity contribution in [1.29, 1.82) is 0 Å². The van der Waals surface area contributed by atoms with Crippen LogP contribution in [0.15, 0.2) is 60.7 Å². The molecule has 0 aliphatic heterocycles. The maximum atomic E-state index is 9.97. The highest BCUT2D eigenvalue weighted by molar-refractivity contribution is 7.68. The van der Waals surface area contributed by atoms with Crippen LogP contribution in [0.3, 0.4) is 0 Å². The third kappa shape index (κ3) is 3.20. The maximum absolute atomic E-state index is 9.97. The standard InChI is InChI=1S/C16H16O6P2/c17-23(18,19)15-10-14(11-6-2-1-3-7-11)16(24(20,21)22)13-9-5-4-8-12(13)15/h1-10,17-22H/q+2. The average Bonchev–Trinajstić information content (AvgIpc) is 2.52. The van der Waals surface area contributed by atoms with Gasteiger partial charge in [-0.2, -0.15) is 29.4 Å². The summed E-state index contributed by atoms with van der Waals surface area (Å²) in [6.45, 7) is 0. The summed E-state index contributed by atoms with van der Waals surface area (Å²) in [5, 5.41) is 0.251. The quantitative estimate of drug-likeness (QED) is 0.388. The van der Waals surface area contributed by atoms with E-state index in [9.17, 15) is 29.4 Å². The molecule has 3 rings (SSSR count). The second-order valence-corrected chi connectivity index (χ2v) is 8.54. The third-order valence-corrected chi connectivity index (χ3v) is 5.80. The Hall–Kier alpha value is -1.46. The molecule has 0 aromatic heterocycles. The summed E-state index contributed by atoms with van der Waals surface area (Å²) in [6.07, 6.45) is 0. The summed E-state index contributed by atoms with van der Waals surface area (Å²) in [6, 6.07) is 16.1. The van der Waals surface area contributed by atoms with E-state index < -0.39 is 15.9 Å². The van der Waals surface area contributed by atoms with Gasteiger partial charge in [0.2, 0.25) is 0 Å². The molecule has 0 atom stereocenters. The first-order chi connectivity index (χ1) is 11.2. The van der Waals surface area contributed by atoms with Gasteiger partial charge in [-0.3, -0.25) is 0 Å². The summed E-state index contributed by atoms with van der Waals surface area (Å²) >= 11 is 0. The monoisotopic (exact) mass is 366 g/mol. The summed E-state index contributed by atoms with van der Waals surface area (Å²) < 4.78 is 0. The number of fused-ring (bicyclic) bond motifs is 1. The minimum absolute atomic E-state index is 0.0958. The number of rotatable bonds is 3. The molecule has 0 aliphatic rings. The van der Waals surface area contributed by atoms with Crippen molar-refractivity contribution in [3.8, 4) is 11.1 Å². The zero-order valence-corrected chi connectivity index (χ0v) is 14.1. The van der Waals surface area contributed by atoms with E-state index in [2.05, 4.69) is 0 Å². The molecule has 0 unspecified atom stereocenters. The van der Waals surface area contributed by atoms with Gasteiger partial charge >= 0.3 is 15.9 Å². The van der Waals surface area contributed by atoms with Crippen molar-refractivity contribution < 1.29 is 29.4 Å². The summed E-state index contributed by atoms with van der Waals surface area (Å²) in [5.74, 6) is 0. The van der Waals surface area contributed by atoms with Crippen molar-refractivity contribution in [2.24, 2.45) is 0 Å². The fourth-order valence-corrected chi connectivity index (χ4v) is 4.61. The Labute approximate surface area is 139 Å². The molecule has 0 aliphatic carbocycles. The molecule has 6 N–H and O–H groups in total. The Morgan fingerprint density at radius 1 is 0.583 bits per heavy atom. The minimum Gasteiger partial charge on any atom is -0.189 e. The van der Waals surface area contributed by atoms with E-state index in [1.165, 1.54) is 18.2 Å². The number of hydrogen-bond acceptors (Lipinski definition) is 6. The second-order valence-electron chi connectivity index (χ2n) is 5.34. The zero-order valence-electron chi connectivity index (χ0n) is 12.4.